The van der Waals surface area contributed by atoms with E-state index < -0.39 is 0 Å². The van der Waals surface area contributed by atoms with Crippen LogP contribution in [0.15, 0.2) is 54.8 Å². The summed E-state index contributed by atoms with van der Waals surface area (Å²) in [6, 6.07) is 10.3. The lowest BCUT2D eigenvalue weighted by molar-refractivity contribution is 0.629. The molecule has 7 nitrogen and oxygen atoms in total. The molecule has 0 spiro atoms. The Labute approximate surface area is 149 Å². The van der Waals surface area contributed by atoms with Crippen molar-refractivity contribution in [2.24, 2.45) is 0 Å². The molecule has 0 aliphatic heterocycles. The van der Waals surface area contributed by atoms with Gasteiger partial charge in [0.25, 0.3) is 0 Å². The van der Waals surface area contributed by atoms with Gasteiger partial charge in [0.05, 0.1) is 11.6 Å². The van der Waals surface area contributed by atoms with Gasteiger partial charge < -0.3 is 5.73 Å². The molecule has 5 rings (SSSR count). The standard InChI is InChI=1S/C19H17N7/c20-19-23-17-15(12-21-25(17)11-10-13-6-2-1-3-7-13)18-22-16(24-26(18)19)14-8-4-5-9-14/h1-8,12H,9-11H2,(H2,20,23). The topological polar surface area (TPSA) is 86.9 Å². The number of rotatable bonds is 4. The van der Waals surface area contributed by atoms with E-state index in [0.717, 1.165) is 36.0 Å². The Morgan fingerprint density at radius 1 is 1.08 bits per heavy atom. The molecule has 1 aliphatic carbocycles. The molecule has 128 valence electrons. The molecule has 0 fully saturated rings. The van der Waals surface area contributed by atoms with E-state index in [9.17, 15) is 0 Å². The highest BCUT2D eigenvalue weighted by Crippen LogP contribution is 2.24. The van der Waals surface area contributed by atoms with Crippen LogP contribution >= 0.6 is 0 Å². The second-order valence-corrected chi connectivity index (χ2v) is 6.31. The minimum atomic E-state index is 0.319. The van der Waals surface area contributed by atoms with Crippen molar-refractivity contribution in [3.63, 3.8) is 0 Å². The average Bonchev–Trinajstić information content (AvgIpc) is 3.39. The first-order valence-electron chi connectivity index (χ1n) is 8.57. The summed E-state index contributed by atoms with van der Waals surface area (Å²) in [6.45, 7) is 0.728. The average molecular weight is 343 g/mol. The van der Waals surface area contributed by atoms with Crippen LogP contribution in [0.5, 0.6) is 0 Å². The van der Waals surface area contributed by atoms with Gasteiger partial charge in [-0.05, 0) is 18.4 Å². The molecule has 0 atom stereocenters. The number of benzene rings is 1. The summed E-state index contributed by atoms with van der Waals surface area (Å²) in [5, 5.41) is 9.88. The minimum Gasteiger partial charge on any atom is -0.368 e. The molecule has 2 N–H and O–H groups in total. The molecule has 7 heteroatoms. The normalized spacial score (nSPS) is 13.8. The summed E-state index contributed by atoms with van der Waals surface area (Å²) in [5.41, 5.74) is 9.92. The van der Waals surface area contributed by atoms with Crippen molar-refractivity contribution < 1.29 is 0 Å². The van der Waals surface area contributed by atoms with Gasteiger partial charge in [-0.1, -0.05) is 48.6 Å². The minimum absolute atomic E-state index is 0.319. The highest BCUT2D eigenvalue weighted by molar-refractivity contribution is 5.90. The van der Waals surface area contributed by atoms with Crippen LogP contribution in [-0.4, -0.2) is 29.4 Å². The Morgan fingerprint density at radius 2 is 1.96 bits per heavy atom. The van der Waals surface area contributed by atoms with Crippen LogP contribution in [0.2, 0.25) is 0 Å². The Bertz CT molecular complexity index is 1170. The third-order valence-corrected chi connectivity index (χ3v) is 4.61. The van der Waals surface area contributed by atoms with E-state index in [1.807, 2.05) is 35.0 Å². The molecule has 4 aromatic rings. The van der Waals surface area contributed by atoms with Crippen molar-refractivity contribution in [2.45, 2.75) is 19.4 Å². The van der Waals surface area contributed by atoms with Gasteiger partial charge in [-0.3, -0.25) is 0 Å². The highest BCUT2D eigenvalue weighted by Gasteiger charge is 2.17. The van der Waals surface area contributed by atoms with E-state index >= 15 is 0 Å². The molecule has 1 aliphatic rings. The summed E-state index contributed by atoms with van der Waals surface area (Å²) in [5.74, 6) is 1.01. The Kier molecular flexibility index (Phi) is 3.31. The number of allylic oxidation sites excluding steroid dienone is 4. The number of nitrogens with two attached hydrogens (primary N) is 1. The molecular weight excluding hydrogens is 326 g/mol. The predicted octanol–water partition coefficient (Wildman–Crippen LogP) is 2.64. The van der Waals surface area contributed by atoms with Crippen molar-refractivity contribution >= 4 is 28.2 Å². The fraction of sp³-hybridized carbons (Fsp3) is 0.158. The van der Waals surface area contributed by atoms with Gasteiger partial charge in [0, 0.05) is 12.1 Å². The maximum Gasteiger partial charge on any atom is 0.225 e. The van der Waals surface area contributed by atoms with Gasteiger partial charge >= 0.3 is 0 Å². The first-order chi connectivity index (χ1) is 12.8. The monoisotopic (exact) mass is 343 g/mol. The van der Waals surface area contributed by atoms with E-state index in [1.54, 1.807) is 10.7 Å². The largest absolute Gasteiger partial charge is 0.368 e. The maximum absolute atomic E-state index is 6.14. The number of nitrogens with zero attached hydrogens (tertiary/aromatic N) is 6. The summed E-state index contributed by atoms with van der Waals surface area (Å²) in [7, 11) is 0. The SMILES string of the molecule is Nc1nc2c(cnn2CCc2ccccc2)c2nc(C3=CC=CC3)nn12. The van der Waals surface area contributed by atoms with Gasteiger partial charge in [0.1, 0.15) is 0 Å². The van der Waals surface area contributed by atoms with Crippen molar-refractivity contribution in [1.29, 1.82) is 0 Å². The van der Waals surface area contributed by atoms with Crippen LogP contribution in [0.25, 0.3) is 22.3 Å². The molecule has 1 aromatic carbocycles. The van der Waals surface area contributed by atoms with Crippen molar-refractivity contribution in [3.8, 4) is 0 Å². The van der Waals surface area contributed by atoms with Gasteiger partial charge in [0.15, 0.2) is 17.1 Å². The van der Waals surface area contributed by atoms with Gasteiger partial charge in [-0.15, -0.1) is 5.10 Å². The fourth-order valence-electron chi connectivity index (χ4n) is 3.25. The van der Waals surface area contributed by atoms with Gasteiger partial charge in [0.2, 0.25) is 5.95 Å². The van der Waals surface area contributed by atoms with Crippen LogP contribution < -0.4 is 5.73 Å². The predicted molar refractivity (Wildman–Crippen MR) is 100 cm³/mol. The number of aromatic nitrogens is 6. The molecule has 0 saturated heterocycles. The first kappa shape index (κ1) is 14.8. The summed E-state index contributed by atoms with van der Waals surface area (Å²) >= 11 is 0. The van der Waals surface area contributed by atoms with E-state index in [4.69, 9.17) is 5.73 Å². The number of anilines is 1. The van der Waals surface area contributed by atoms with Gasteiger partial charge in [-0.2, -0.15) is 14.6 Å². The second kappa shape index (κ2) is 5.80. The fourth-order valence-corrected chi connectivity index (χ4v) is 3.25. The van der Waals surface area contributed by atoms with E-state index in [0.29, 0.717) is 17.4 Å². The lowest BCUT2D eigenvalue weighted by Crippen LogP contribution is -2.07. The molecule has 0 unspecified atom stereocenters. The zero-order chi connectivity index (χ0) is 17.5. The first-order valence-corrected chi connectivity index (χ1v) is 8.57. The number of hydrogen-bond acceptors (Lipinski definition) is 5. The zero-order valence-corrected chi connectivity index (χ0v) is 14.1. The lowest BCUT2D eigenvalue weighted by atomic mass is 10.1. The third-order valence-electron chi connectivity index (χ3n) is 4.61. The summed E-state index contributed by atoms with van der Waals surface area (Å²) < 4.78 is 3.48. The van der Waals surface area contributed by atoms with Crippen LogP contribution in [0.3, 0.4) is 0 Å². The zero-order valence-electron chi connectivity index (χ0n) is 14.1. The number of aryl methyl sites for hydroxylation is 2. The van der Waals surface area contributed by atoms with Crippen molar-refractivity contribution in [3.05, 3.63) is 66.1 Å². The van der Waals surface area contributed by atoms with E-state index in [1.165, 1.54) is 5.56 Å². The smallest absolute Gasteiger partial charge is 0.225 e. The number of hydrogen-bond donors (Lipinski definition) is 1. The lowest BCUT2D eigenvalue weighted by Gasteiger charge is -2.04. The van der Waals surface area contributed by atoms with Crippen molar-refractivity contribution in [2.75, 3.05) is 5.73 Å². The van der Waals surface area contributed by atoms with Crippen LogP contribution in [0, 0.1) is 0 Å². The summed E-state index contributed by atoms with van der Waals surface area (Å²) in [6.07, 6.45) is 9.63. The summed E-state index contributed by atoms with van der Waals surface area (Å²) in [4.78, 5) is 9.21. The molecule has 0 bridgehead atoms. The van der Waals surface area contributed by atoms with Crippen LogP contribution in [0.4, 0.5) is 5.95 Å². The Balaban J connectivity index is 1.55. The van der Waals surface area contributed by atoms with Crippen LogP contribution in [-0.2, 0) is 13.0 Å². The highest BCUT2D eigenvalue weighted by atomic mass is 15.4. The molecular formula is C19H17N7. The molecule has 26 heavy (non-hydrogen) atoms. The quantitative estimate of drug-likeness (QED) is 0.615. The third kappa shape index (κ3) is 2.36. The van der Waals surface area contributed by atoms with Crippen molar-refractivity contribution in [1.82, 2.24) is 29.4 Å². The Morgan fingerprint density at radius 3 is 2.77 bits per heavy atom. The molecule has 0 radical (unpaired) electrons. The molecule has 3 heterocycles. The van der Waals surface area contributed by atoms with E-state index in [-0.39, 0.29) is 0 Å². The molecule has 3 aromatic heterocycles. The second-order valence-electron chi connectivity index (χ2n) is 6.31. The number of nitrogen functional groups attached to an aromatic ring is 1. The van der Waals surface area contributed by atoms with Gasteiger partial charge in [-0.25, -0.2) is 9.67 Å². The van der Waals surface area contributed by atoms with Crippen LogP contribution in [0.1, 0.15) is 17.8 Å². The maximum atomic E-state index is 6.14. The molecule has 0 saturated carbocycles. The number of fused-ring (bicyclic) bond motifs is 3. The Hall–Kier alpha value is -3.48. The molecule has 0 amide bonds. The van der Waals surface area contributed by atoms with E-state index in [2.05, 4.69) is 38.4 Å².